The number of anilines is 1. The maximum absolute atomic E-state index is 15.2. The maximum Gasteiger partial charge on any atom is 0.341 e. The van der Waals surface area contributed by atoms with E-state index in [9.17, 15) is 14.7 Å². The van der Waals surface area contributed by atoms with Crippen molar-refractivity contribution >= 4 is 22.8 Å². The first-order valence-electron chi connectivity index (χ1n) is 11.3. The molecule has 0 spiro atoms. The van der Waals surface area contributed by atoms with Gasteiger partial charge in [0.05, 0.1) is 5.39 Å². The van der Waals surface area contributed by atoms with Crippen molar-refractivity contribution in [3.05, 3.63) is 69.3 Å². The molecule has 2 aromatic heterocycles. The SMILES string of the molecule is CC(C)c1ccc([C@@H]2CN(c3nc4c(cc3F)c(=O)c(C(=O)O)cn4C3CC3)C[C@@H]2N)cc1. The van der Waals surface area contributed by atoms with Crippen LogP contribution in [0.1, 0.15) is 66.1 Å². The van der Waals surface area contributed by atoms with Crippen molar-refractivity contribution in [1.29, 1.82) is 0 Å². The lowest BCUT2D eigenvalue weighted by atomic mass is 9.92. The van der Waals surface area contributed by atoms with Crippen LogP contribution in [0, 0.1) is 5.82 Å². The molecule has 0 unspecified atom stereocenters. The number of rotatable bonds is 5. The predicted octanol–water partition coefficient (Wildman–Crippen LogP) is 3.62. The molecule has 1 aromatic carbocycles. The Balaban J connectivity index is 1.53. The molecule has 33 heavy (non-hydrogen) atoms. The minimum Gasteiger partial charge on any atom is -0.477 e. The number of pyridine rings is 2. The van der Waals surface area contributed by atoms with Crippen LogP contribution >= 0.6 is 0 Å². The van der Waals surface area contributed by atoms with Crippen LogP contribution in [-0.4, -0.2) is 39.8 Å². The fourth-order valence-electron chi connectivity index (χ4n) is 4.73. The Morgan fingerprint density at radius 1 is 1.21 bits per heavy atom. The van der Waals surface area contributed by atoms with E-state index in [0.29, 0.717) is 24.7 Å². The molecular weight excluding hydrogens is 423 g/mol. The molecule has 172 valence electrons. The van der Waals surface area contributed by atoms with Gasteiger partial charge in [0.2, 0.25) is 5.43 Å². The molecular formula is C25H27FN4O3. The van der Waals surface area contributed by atoms with Gasteiger partial charge in [-0.05, 0) is 36.0 Å². The Hall–Kier alpha value is -3.26. The van der Waals surface area contributed by atoms with Gasteiger partial charge in [-0.1, -0.05) is 38.1 Å². The molecule has 2 atom stereocenters. The Kier molecular flexibility index (Phi) is 5.20. The summed E-state index contributed by atoms with van der Waals surface area (Å²) in [5, 5.41) is 9.41. The first-order chi connectivity index (χ1) is 15.7. The molecule has 3 heterocycles. The molecule has 2 aliphatic rings. The van der Waals surface area contributed by atoms with E-state index in [0.717, 1.165) is 24.5 Å². The monoisotopic (exact) mass is 450 g/mol. The van der Waals surface area contributed by atoms with E-state index in [1.165, 1.54) is 11.8 Å². The second kappa shape index (κ2) is 7.95. The quantitative estimate of drug-likeness (QED) is 0.616. The zero-order valence-corrected chi connectivity index (χ0v) is 18.7. The van der Waals surface area contributed by atoms with E-state index in [2.05, 4.69) is 43.1 Å². The van der Waals surface area contributed by atoms with Crippen molar-refractivity contribution < 1.29 is 14.3 Å². The molecule has 0 bridgehead atoms. The summed E-state index contributed by atoms with van der Waals surface area (Å²) >= 11 is 0. The first-order valence-corrected chi connectivity index (χ1v) is 11.3. The predicted molar refractivity (Wildman–Crippen MR) is 125 cm³/mol. The standard InChI is InChI=1S/C25H27FN4O3/c1-13(2)14-3-5-15(6-4-14)18-10-29(12-21(18)27)24-20(26)9-17-22(31)19(25(32)33)11-30(16-7-8-16)23(17)28-24/h3-6,9,11,13,16,18,21H,7-8,10,12,27H2,1-2H3,(H,32,33)/t18-,21-/m0/s1. The Labute approximate surface area is 190 Å². The number of nitrogens with two attached hydrogens (primary N) is 1. The number of fused-ring (bicyclic) bond motifs is 1. The topological polar surface area (TPSA) is 101 Å². The second-order valence-corrected chi connectivity index (χ2v) is 9.48. The van der Waals surface area contributed by atoms with E-state index in [4.69, 9.17) is 5.73 Å². The fraction of sp³-hybridized carbons (Fsp3) is 0.400. The number of halogens is 1. The molecule has 0 radical (unpaired) electrons. The minimum absolute atomic E-state index is 0.00707. The van der Waals surface area contributed by atoms with Gasteiger partial charge in [-0.3, -0.25) is 4.79 Å². The molecule has 1 saturated carbocycles. The highest BCUT2D eigenvalue weighted by Crippen LogP contribution is 2.38. The summed E-state index contributed by atoms with van der Waals surface area (Å²) in [5.74, 6) is -1.35. The van der Waals surface area contributed by atoms with Crippen molar-refractivity contribution in [2.75, 3.05) is 18.0 Å². The average Bonchev–Trinajstić information content (AvgIpc) is 3.55. The lowest BCUT2D eigenvalue weighted by molar-refractivity contribution is 0.0695. The van der Waals surface area contributed by atoms with Crippen molar-refractivity contribution in [2.45, 2.75) is 50.6 Å². The summed E-state index contributed by atoms with van der Waals surface area (Å²) in [6, 6.07) is 9.41. The van der Waals surface area contributed by atoms with Crippen LogP contribution in [0.2, 0.25) is 0 Å². The molecule has 7 nitrogen and oxygen atoms in total. The summed E-state index contributed by atoms with van der Waals surface area (Å²) in [6.07, 6.45) is 3.08. The average molecular weight is 451 g/mol. The zero-order chi connectivity index (χ0) is 23.4. The third-order valence-corrected chi connectivity index (χ3v) is 6.81. The molecule has 3 N–H and O–H groups in total. The minimum atomic E-state index is -1.32. The number of carboxylic acid groups (broad SMARTS) is 1. The van der Waals surface area contributed by atoms with Crippen molar-refractivity contribution in [1.82, 2.24) is 9.55 Å². The van der Waals surface area contributed by atoms with Gasteiger partial charge in [-0.15, -0.1) is 0 Å². The van der Waals surface area contributed by atoms with Crippen LogP contribution in [0.4, 0.5) is 10.2 Å². The second-order valence-electron chi connectivity index (χ2n) is 9.48. The van der Waals surface area contributed by atoms with E-state index in [1.54, 1.807) is 4.57 Å². The molecule has 1 saturated heterocycles. The molecule has 1 aliphatic heterocycles. The van der Waals surface area contributed by atoms with Gasteiger partial charge in [0.25, 0.3) is 0 Å². The lowest BCUT2D eigenvalue weighted by Gasteiger charge is -2.20. The number of aromatic nitrogens is 2. The van der Waals surface area contributed by atoms with E-state index in [1.807, 2.05) is 4.90 Å². The molecule has 1 aliphatic carbocycles. The highest BCUT2D eigenvalue weighted by atomic mass is 19.1. The van der Waals surface area contributed by atoms with Crippen LogP contribution in [0.15, 0.2) is 41.3 Å². The zero-order valence-electron chi connectivity index (χ0n) is 18.7. The van der Waals surface area contributed by atoms with Gasteiger partial charge >= 0.3 is 5.97 Å². The Bertz CT molecular complexity index is 1300. The van der Waals surface area contributed by atoms with Gasteiger partial charge < -0.3 is 20.3 Å². The number of nitrogens with zero attached hydrogens (tertiary/aromatic N) is 3. The number of hydrogen-bond acceptors (Lipinski definition) is 5. The number of hydrogen-bond donors (Lipinski definition) is 2. The van der Waals surface area contributed by atoms with Crippen LogP contribution in [0.25, 0.3) is 11.0 Å². The normalized spacial score (nSPS) is 20.7. The molecule has 3 aromatic rings. The van der Waals surface area contributed by atoms with Gasteiger partial charge in [-0.25, -0.2) is 14.2 Å². The largest absolute Gasteiger partial charge is 0.477 e. The summed E-state index contributed by atoms with van der Waals surface area (Å²) in [5.41, 5.74) is 8.06. The van der Waals surface area contributed by atoms with Gasteiger partial charge in [0.15, 0.2) is 11.6 Å². The van der Waals surface area contributed by atoms with Gasteiger partial charge in [0, 0.05) is 37.3 Å². The van der Waals surface area contributed by atoms with Crippen molar-refractivity contribution in [3.8, 4) is 0 Å². The van der Waals surface area contributed by atoms with Crippen LogP contribution in [0.3, 0.4) is 0 Å². The lowest BCUT2D eigenvalue weighted by Crippen LogP contribution is -2.29. The summed E-state index contributed by atoms with van der Waals surface area (Å²) in [4.78, 5) is 30.6. The molecule has 2 fully saturated rings. The third kappa shape index (κ3) is 3.78. The molecule has 0 amide bonds. The number of carboxylic acids is 1. The van der Waals surface area contributed by atoms with Crippen LogP contribution in [-0.2, 0) is 0 Å². The summed E-state index contributed by atoms with van der Waals surface area (Å²) in [6.45, 7) is 5.24. The highest BCUT2D eigenvalue weighted by Gasteiger charge is 2.34. The number of aromatic carboxylic acids is 1. The third-order valence-electron chi connectivity index (χ3n) is 6.81. The highest BCUT2D eigenvalue weighted by molar-refractivity contribution is 5.92. The van der Waals surface area contributed by atoms with Crippen molar-refractivity contribution in [2.24, 2.45) is 5.73 Å². The Morgan fingerprint density at radius 3 is 2.52 bits per heavy atom. The summed E-state index contributed by atoms with van der Waals surface area (Å²) < 4.78 is 16.9. The molecule has 8 heteroatoms. The van der Waals surface area contributed by atoms with E-state index < -0.39 is 17.2 Å². The number of carbonyl (C=O) groups is 1. The maximum atomic E-state index is 15.2. The number of benzene rings is 1. The fourth-order valence-corrected chi connectivity index (χ4v) is 4.73. The van der Waals surface area contributed by atoms with Gasteiger partial charge in [0.1, 0.15) is 11.2 Å². The van der Waals surface area contributed by atoms with E-state index in [-0.39, 0.29) is 34.8 Å². The smallest absolute Gasteiger partial charge is 0.341 e. The Morgan fingerprint density at radius 2 is 1.91 bits per heavy atom. The van der Waals surface area contributed by atoms with Crippen LogP contribution < -0.4 is 16.1 Å². The van der Waals surface area contributed by atoms with Gasteiger partial charge in [-0.2, -0.15) is 0 Å². The first kappa shape index (κ1) is 21.6. The summed E-state index contributed by atoms with van der Waals surface area (Å²) in [7, 11) is 0. The van der Waals surface area contributed by atoms with Crippen LogP contribution in [0.5, 0.6) is 0 Å². The molecule has 5 rings (SSSR count). The van der Waals surface area contributed by atoms with Crippen molar-refractivity contribution in [3.63, 3.8) is 0 Å². The van der Waals surface area contributed by atoms with E-state index >= 15 is 4.39 Å².